The highest BCUT2D eigenvalue weighted by Gasteiger charge is 2.20. The van der Waals surface area contributed by atoms with Gasteiger partial charge >= 0.3 is 5.97 Å². The normalized spacial score (nSPS) is 13.6. The van der Waals surface area contributed by atoms with Gasteiger partial charge in [0.05, 0.1) is 18.4 Å². The molecule has 130 valence electrons. The Morgan fingerprint density at radius 2 is 2.00 bits per heavy atom. The predicted molar refractivity (Wildman–Crippen MR) is 90.4 cm³/mol. The fourth-order valence-corrected chi connectivity index (χ4v) is 2.40. The van der Waals surface area contributed by atoms with Crippen molar-refractivity contribution in [1.82, 2.24) is 4.98 Å². The van der Waals surface area contributed by atoms with Gasteiger partial charge in [0.2, 0.25) is 5.88 Å². The summed E-state index contributed by atoms with van der Waals surface area (Å²) in [4.78, 5) is 27.6. The lowest BCUT2D eigenvalue weighted by molar-refractivity contribution is 0.0696. The molecule has 1 fully saturated rings. The first-order valence-electron chi connectivity index (χ1n) is 7.92. The third-order valence-corrected chi connectivity index (χ3v) is 4.03. The Labute approximate surface area is 144 Å². The summed E-state index contributed by atoms with van der Waals surface area (Å²) >= 11 is 0. The number of aromatic nitrogens is 1. The molecule has 0 saturated heterocycles. The van der Waals surface area contributed by atoms with Crippen molar-refractivity contribution in [2.24, 2.45) is 0 Å². The van der Waals surface area contributed by atoms with E-state index in [-0.39, 0.29) is 23.3 Å². The highest BCUT2D eigenvalue weighted by Crippen LogP contribution is 2.27. The third-order valence-electron chi connectivity index (χ3n) is 4.03. The van der Waals surface area contributed by atoms with Crippen molar-refractivity contribution in [3.05, 3.63) is 47.7 Å². The van der Waals surface area contributed by atoms with E-state index < -0.39 is 5.97 Å². The molecule has 2 aromatic rings. The van der Waals surface area contributed by atoms with Gasteiger partial charge in [0, 0.05) is 17.8 Å². The minimum atomic E-state index is -1.07. The molecule has 1 heterocycles. The summed E-state index contributed by atoms with van der Waals surface area (Å²) < 4.78 is 10.9. The van der Waals surface area contributed by atoms with Crippen LogP contribution < -0.4 is 14.8 Å². The van der Waals surface area contributed by atoms with Crippen molar-refractivity contribution in [2.75, 3.05) is 12.4 Å². The van der Waals surface area contributed by atoms with E-state index in [1.54, 1.807) is 12.1 Å². The molecule has 1 aliphatic rings. The maximum absolute atomic E-state index is 12.5. The Balaban J connectivity index is 1.75. The number of carbonyl (C=O) groups excluding carboxylic acids is 1. The minimum Gasteiger partial charge on any atom is -0.495 e. The van der Waals surface area contributed by atoms with Crippen LogP contribution in [0.5, 0.6) is 11.6 Å². The van der Waals surface area contributed by atoms with E-state index in [0.29, 0.717) is 17.1 Å². The number of nitrogens with one attached hydrogen (secondary N) is 1. The molecule has 1 saturated carbocycles. The largest absolute Gasteiger partial charge is 0.495 e. The van der Waals surface area contributed by atoms with Crippen LogP contribution in [0.4, 0.5) is 5.69 Å². The molecule has 3 rings (SSSR count). The van der Waals surface area contributed by atoms with Crippen molar-refractivity contribution < 1.29 is 24.2 Å². The lowest BCUT2D eigenvalue weighted by Gasteiger charge is -2.25. The van der Waals surface area contributed by atoms with Crippen LogP contribution in [0.3, 0.4) is 0 Å². The summed E-state index contributed by atoms with van der Waals surface area (Å²) in [6.07, 6.45) is 4.86. The summed E-state index contributed by atoms with van der Waals surface area (Å²) in [5.74, 6) is -0.732. The van der Waals surface area contributed by atoms with Gasteiger partial charge in [-0.1, -0.05) is 0 Å². The first-order chi connectivity index (χ1) is 12.1. The van der Waals surface area contributed by atoms with Gasteiger partial charge < -0.3 is 19.9 Å². The Kier molecular flexibility index (Phi) is 4.83. The average Bonchev–Trinajstić information content (AvgIpc) is 2.58. The molecule has 1 aliphatic carbocycles. The molecule has 1 amide bonds. The van der Waals surface area contributed by atoms with Crippen molar-refractivity contribution in [2.45, 2.75) is 25.4 Å². The van der Waals surface area contributed by atoms with Crippen LogP contribution >= 0.6 is 0 Å². The van der Waals surface area contributed by atoms with Crippen molar-refractivity contribution in [3.63, 3.8) is 0 Å². The smallest absolute Gasteiger partial charge is 0.335 e. The third kappa shape index (κ3) is 3.88. The van der Waals surface area contributed by atoms with Gasteiger partial charge in [-0.15, -0.1) is 0 Å². The predicted octanol–water partition coefficient (Wildman–Crippen LogP) is 2.97. The molecule has 0 bridgehead atoms. The van der Waals surface area contributed by atoms with E-state index in [9.17, 15) is 9.59 Å². The lowest BCUT2D eigenvalue weighted by Crippen LogP contribution is -2.25. The highest BCUT2D eigenvalue weighted by molar-refractivity contribution is 6.05. The van der Waals surface area contributed by atoms with Gasteiger partial charge in [-0.25, -0.2) is 9.78 Å². The molecule has 0 aliphatic heterocycles. The van der Waals surface area contributed by atoms with E-state index in [2.05, 4.69) is 10.3 Å². The zero-order chi connectivity index (χ0) is 17.8. The second kappa shape index (κ2) is 7.21. The number of methoxy groups -OCH3 is 1. The number of rotatable bonds is 6. The fraction of sp³-hybridized carbons (Fsp3) is 0.278. The molecule has 7 nitrogen and oxygen atoms in total. The van der Waals surface area contributed by atoms with Crippen LogP contribution in [-0.2, 0) is 0 Å². The number of hydrogen-bond acceptors (Lipinski definition) is 5. The highest BCUT2D eigenvalue weighted by atomic mass is 16.5. The Morgan fingerprint density at radius 3 is 2.64 bits per heavy atom. The van der Waals surface area contributed by atoms with Crippen LogP contribution in [-0.4, -0.2) is 35.2 Å². The minimum absolute atomic E-state index is 0.0787. The number of anilines is 1. The van der Waals surface area contributed by atoms with Gasteiger partial charge in [-0.2, -0.15) is 0 Å². The number of pyridine rings is 1. The molecule has 25 heavy (non-hydrogen) atoms. The monoisotopic (exact) mass is 342 g/mol. The maximum atomic E-state index is 12.5. The van der Waals surface area contributed by atoms with Crippen molar-refractivity contribution in [3.8, 4) is 11.6 Å². The molecule has 0 unspecified atom stereocenters. The molecular formula is C18H18N2O5. The molecule has 1 aromatic heterocycles. The second-order valence-electron chi connectivity index (χ2n) is 5.73. The van der Waals surface area contributed by atoms with Crippen LogP contribution in [0.1, 0.15) is 40.0 Å². The maximum Gasteiger partial charge on any atom is 0.335 e. The number of aromatic carboxylic acids is 1. The number of benzene rings is 1. The first kappa shape index (κ1) is 16.8. The summed E-state index contributed by atoms with van der Waals surface area (Å²) in [7, 11) is 1.41. The SMILES string of the molecule is COc1cc(C(=O)O)ccc1NC(=O)c1ccnc(OC2CCC2)c1. The van der Waals surface area contributed by atoms with Crippen LogP contribution in [0.25, 0.3) is 0 Å². The van der Waals surface area contributed by atoms with Gasteiger partial charge in [-0.3, -0.25) is 4.79 Å². The van der Waals surface area contributed by atoms with Gasteiger partial charge in [0.1, 0.15) is 11.9 Å². The number of nitrogens with zero attached hydrogens (tertiary/aromatic N) is 1. The molecule has 0 radical (unpaired) electrons. The first-order valence-corrected chi connectivity index (χ1v) is 7.92. The van der Waals surface area contributed by atoms with Crippen molar-refractivity contribution >= 4 is 17.6 Å². The molecule has 0 spiro atoms. The van der Waals surface area contributed by atoms with Gasteiger partial charge in [-0.05, 0) is 43.5 Å². The van der Waals surface area contributed by atoms with Crippen LogP contribution in [0, 0.1) is 0 Å². The van der Waals surface area contributed by atoms with Crippen molar-refractivity contribution in [1.29, 1.82) is 0 Å². The molecule has 1 aromatic carbocycles. The van der Waals surface area contributed by atoms with Crippen LogP contribution in [0.2, 0.25) is 0 Å². The Bertz CT molecular complexity index is 802. The summed E-state index contributed by atoms with van der Waals surface area (Å²) in [5.41, 5.74) is 0.861. The number of carboxylic acids is 1. The fourth-order valence-electron chi connectivity index (χ4n) is 2.40. The number of hydrogen-bond donors (Lipinski definition) is 2. The van der Waals surface area contributed by atoms with Crippen LogP contribution in [0.15, 0.2) is 36.5 Å². The van der Waals surface area contributed by atoms with E-state index in [1.807, 2.05) is 0 Å². The van der Waals surface area contributed by atoms with E-state index >= 15 is 0 Å². The second-order valence-corrected chi connectivity index (χ2v) is 5.73. The molecule has 0 atom stereocenters. The zero-order valence-electron chi connectivity index (χ0n) is 13.7. The number of amides is 1. The topological polar surface area (TPSA) is 97.8 Å². The zero-order valence-corrected chi connectivity index (χ0v) is 13.7. The van der Waals surface area contributed by atoms with E-state index in [1.165, 1.54) is 31.5 Å². The average molecular weight is 342 g/mol. The standard InChI is InChI=1S/C18H18N2O5/c1-24-15-9-12(18(22)23)5-6-14(15)20-17(21)11-7-8-19-16(10-11)25-13-3-2-4-13/h5-10,13H,2-4H2,1H3,(H,20,21)(H,22,23). The Morgan fingerprint density at radius 1 is 1.20 bits per heavy atom. The van der Waals surface area contributed by atoms with E-state index in [0.717, 1.165) is 19.3 Å². The quantitative estimate of drug-likeness (QED) is 0.837. The summed E-state index contributed by atoms with van der Waals surface area (Å²) in [6.45, 7) is 0. The summed E-state index contributed by atoms with van der Waals surface area (Å²) in [5, 5.41) is 11.7. The van der Waals surface area contributed by atoms with Gasteiger partial charge in [0.25, 0.3) is 5.91 Å². The number of carbonyl (C=O) groups is 2. The lowest BCUT2D eigenvalue weighted by atomic mass is 9.96. The molecular weight excluding hydrogens is 324 g/mol. The Hall–Kier alpha value is -3.09. The molecule has 7 heteroatoms. The number of carboxylic acid groups (broad SMARTS) is 1. The van der Waals surface area contributed by atoms with E-state index in [4.69, 9.17) is 14.6 Å². The summed E-state index contributed by atoms with van der Waals surface area (Å²) in [6, 6.07) is 7.42. The van der Waals surface area contributed by atoms with Gasteiger partial charge in [0.15, 0.2) is 0 Å². The molecule has 2 N–H and O–H groups in total. The number of ether oxygens (including phenoxy) is 2.